The van der Waals surface area contributed by atoms with Crippen molar-refractivity contribution in [1.29, 1.82) is 0 Å². The summed E-state index contributed by atoms with van der Waals surface area (Å²) < 4.78 is 6.22. The Morgan fingerprint density at radius 3 is 2.65 bits per heavy atom. The van der Waals surface area contributed by atoms with Gasteiger partial charge in [-0.25, -0.2) is 0 Å². The van der Waals surface area contributed by atoms with Gasteiger partial charge in [-0.2, -0.15) is 0 Å². The van der Waals surface area contributed by atoms with Crippen LogP contribution >= 0.6 is 0 Å². The Bertz CT molecular complexity index is 597. The van der Waals surface area contributed by atoms with Crippen molar-refractivity contribution in [2.75, 3.05) is 13.2 Å². The van der Waals surface area contributed by atoms with Crippen LogP contribution in [0.15, 0.2) is 24.4 Å². The molecule has 2 saturated carbocycles. The van der Waals surface area contributed by atoms with Crippen molar-refractivity contribution in [2.45, 2.75) is 75.5 Å². The molecular weight excluding hydrogens is 326 g/mol. The Hall–Kier alpha value is -1.46. The molecular formula is C21H30N3O2-. The molecule has 3 fully saturated rings. The van der Waals surface area contributed by atoms with Gasteiger partial charge in [-0.15, -0.1) is 6.04 Å². The van der Waals surface area contributed by atoms with E-state index < -0.39 is 0 Å². The van der Waals surface area contributed by atoms with Crippen LogP contribution in [0.3, 0.4) is 0 Å². The largest absolute Gasteiger partial charge is 0.673 e. The third-order valence-electron chi connectivity index (χ3n) is 6.27. The van der Waals surface area contributed by atoms with E-state index in [1.165, 1.54) is 5.69 Å². The Kier molecular flexibility index (Phi) is 5.55. The van der Waals surface area contributed by atoms with E-state index in [-0.39, 0.29) is 30.0 Å². The standard InChI is InChI=1S/C21H30N3O2/c22-18-4-3-13-24(21(25)16-6-7-16)20(18)14-26-17-10-8-15(9-11-17)19-5-1-2-12-23-19/h1-2,5,12,15-18,20,22H,3-4,6-11,13-14H2/q-1/t15?,17?,18?,20-/m0/s1. The molecule has 1 aromatic rings. The summed E-state index contributed by atoms with van der Waals surface area (Å²) >= 11 is 0. The Morgan fingerprint density at radius 2 is 1.96 bits per heavy atom. The summed E-state index contributed by atoms with van der Waals surface area (Å²) in [5, 5.41) is 0. The van der Waals surface area contributed by atoms with Crippen LogP contribution in [0.25, 0.3) is 5.73 Å². The highest BCUT2D eigenvalue weighted by Gasteiger charge is 2.38. The number of nitrogens with one attached hydrogen (secondary N) is 1. The molecule has 5 heteroatoms. The van der Waals surface area contributed by atoms with Crippen LogP contribution in [0.5, 0.6) is 0 Å². The summed E-state index contributed by atoms with van der Waals surface area (Å²) in [5.41, 5.74) is 9.59. The maximum atomic E-state index is 12.5. The van der Waals surface area contributed by atoms with Crippen molar-refractivity contribution in [3.05, 3.63) is 35.8 Å². The molecule has 1 aromatic heterocycles. The van der Waals surface area contributed by atoms with Crippen molar-refractivity contribution < 1.29 is 9.53 Å². The third kappa shape index (κ3) is 4.09. The normalized spacial score (nSPS) is 32.4. The van der Waals surface area contributed by atoms with E-state index in [1.54, 1.807) is 0 Å². The average Bonchev–Trinajstić information content (AvgIpc) is 3.53. The van der Waals surface area contributed by atoms with Gasteiger partial charge in [0.25, 0.3) is 0 Å². The highest BCUT2D eigenvalue weighted by atomic mass is 16.5. The van der Waals surface area contributed by atoms with Gasteiger partial charge in [0.2, 0.25) is 5.91 Å². The van der Waals surface area contributed by atoms with Gasteiger partial charge in [0.1, 0.15) is 0 Å². The first-order valence-electron chi connectivity index (χ1n) is 10.3. The van der Waals surface area contributed by atoms with E-state index in [2.05, 4.69) is 17.1 Å². The monoisotopic (exact) mass is 356 g/mol. The number of nitrogens with zero attached hydrogens (tertiary/aromatic N) is 2. The molecule has 2 aliphatic carbocycles. The first-order chi connectivity index (χ1) is 12.7. The third-order valence-corrected chi connectivity index (χ3v) is 6.27. The van der Waals surface area contributed by atoms with E-state index in [0.717, 1.165) is 57.9 Å². The molecule has 1 unspecified atom stereocenters. The van der Waals surface area contributed by atoms with Crippen molar-refractivity contribution in [2.24, 2.45) is 5.92 Å². The smallest absolute Gasteiger partial charge is 0.225 e. The fourth-order valence-electron chi connectivity index (χ4n) is 4.48. The highest BCUT2D eigenvalue weighted by Crippen LogP contribution is 2.35. The minimum atomic E-state index is -0.198. The minimum absolute atomic E-state index is 0.0506. The van der Waals surface area contributed by atoms with Gasteiger partial charge in [0.05, 0.1) is 12.7 Å². The fourth-order valence-corrected chi connectivity index (χ4v) is 4.48. The zero-order valence-electron chi connectivity index (χ0n) is 15.5. The molecule has 0 bridgehead atoms. The lowest BCUT2D eigenvalue weighted by Crippen LogP contribution is -2.53. The number of likely N-dealkylation sites (tertiary alicyclic amines) is 1. The lowest BCUT2D eigenvalue weighted by atomic mass is 9.85. The molecule has 0 spiro atoms. The zero-order chi connectivity index (χ0) is 17.9. The van der Waals surface area contributed by atoms with Gasteiger partial charge in [0.15, 0.2) is 0 Å². The summed E-state index contributed by atoms with van der Waals surface area (Å²) in [7, 11) is 0. The summed E-state index contributed by atoms with van der Waals surface area (Å²) in [6.07, 6.45) is 10.4. The molecule has 2 heterocycles. The molecule has 142 valence electrons. The predicted molar refractivity (Wildman–Crippen MR) is 101 cm³/mol. The van der Waals surface area contributed by atoms with Gasteiger partial charge in [-0.05, 0) is 57.1 Å². The molecule has 0 radical (unpaired) electrons. The molecule has 5 nitrogen and oxygen atoms in total. The maximum absolute atomic E-state index is 12.5. The SMILES string of the molecule is [NH-]C1CCCN(C(=O)C2CC2)[C@H]1COC1CCC(c2ccccn2)CC1. The van der Waals surface area contributed by atoms with E-state index in [1.807, 2.05) is 17.2 Å². The van der Waals surface area contributed by atoms with Crippen LogP contribution in [-0.2, 0) is 9.53 Å². The molecule has 1 aliphatic heterocycles. The van der Waals surface area contributed by atoms with Crippen LogP contribution < -0.4 is 0 Å². The van der Waals surface area contributed by atoms with Gasteiger partial charge < -0.3 is 15.4 Å². The minimum Gasteiger partial charge on any atom is -0.673 e. The van der Waals surface area contributed by atoms with Crippen molar-refractivity contribution in [3.63, 3.8) is 0 Å². The number of carbonyl (C=O) groups is 1. The highest BCUT2D eigenvalue weighted by molar-refractivity contribution is 5.81. The number of aromatic nitrogens is 1. The van der Waals surface area contributed by atoms with Gasteiger partial charge >= 0.3 is 0 Å². The number of hydrogen-bond donors (Lipinski definition) is 0. The molecule has 1 amide bonds. The van der Waals surface area contributed by atoms with E-state index >= 15 is 0 Å². The van der Waals surface area contributed by atoms with E-state index in [0.29, 0.717) is 12.5 Å². The summed E-state index contributed by atoms with van der Waals surface area (Å²) in [4.78, 5) is 19.0. The molecule has 2 atom stereocenters. The number of hydrogen-bond acceptors (Lipinski definition) is 3. The second-order valence-electron chi connectivity index (χ2n) is 8.18. The van der Waals surface area contributed by atoms with Crippen molar-refractivity contribution >= 4 is 5.91 Å². The molecule has 1 N–H and O–H groups in total. The first-order valence-corrected chi connectivity index (χ1v) is 10.3. The summed E-state index contributed by atoms with van der Waals surface area (Å²) in [6.45, 7) is 1.34. The van der Waals surface area contributed by atoms with Crippen LogP contribution in [0.4, 0.5) is 0 Å². The molecule has 26 heavy (non-hydrogen) atoms. The number of piperidine rings is 1. The van der Waals surface area contributed by atoms with Gasteiger partial charge in [-0.1, -0.05) is 12.5 Å². The molecule has 3 aliphatic rings. The average molecular weight is 356 g/mol. The lowest BCUT2D eigenvalue weighted by Gasteiger charge is -2.45. The number of carbonyl (C=O) groups excluding carboxylic acids is 1. The number of rotatable bonds is 5. The summed E-state index contributed by atoms with van der Waals surface area (Å²) in [5.74, 6) is 1.05. The predicted octanol–water partition coefficient (Wildman–Crippen LogP) is 3.95. The first kappa shape index (κ1) is 17.9. The van der Waals surface area contributed by atoms with E-state index in [4.69, 9.17) is 10.5 Å². The Labute approximate surface area is 156 Å². The fraction of sp³-hybridized carbons (Fsp3) is 0.714. The lowest BCUT2D eigenvalue weighted by molar-refractivity contribution is -0.139. The zero-order valence-corrected chi connectivity index (χ0v) is 15.5. The van der Waals surface area contributed by atoms with Crippen LogP contribution in [0, 0.1) is 5.92 Å². The second-order valence-corrected chi connectivity index (χ2v) is 8.18. The van der Waals surface area contributed by atoms with Crippen LogP contribution in [0.1, 0.15) is 63.0 Å². The Morgan fingerprint density at radius 1 is 1.15 bits per heavy atom. The number of amides is 1. The van der Waals surface area contributed by atoms with Gasteiger partial charge in [0, 0.05) is 36.3 Å². The second kappa shape index (κ2) is 8.05. The Balaban J connectivity index is 1.28. The van der Waals surface area contributed by atoms with Crippen molar-refractivity contribution in [3.8, 4) is 0 Å². The summed E-state index contributed by atoms with van der Waals surface area (Å²) in [6, 6.07) is 5.91. The van der Waals surface area contributed by atoms with Crippen LogP contribution in [0.2, 0.25) is 0 Å². The quantitative estimate of drug-likeness (QED) is 0.802. The molecule has 4 rings (SSSR count). The van der Waals surface area contributed by atoms with Crippen LogP contribution in [-0.4, -0.2) is 47.1 Å². The molecule has 1 saturated heterocycles. The maximum Gasteiger partial charge on any atom is 0.225 e. The van der Waals surface area contributed by atoms with Crippen molar-refractivity contribution in [1.82, 2.24) is 9.88 Å². The topological polar surface area (TPSA) is 66.2 Å². The molecule has 0 aromatic carbocycles. The van der Waals surface area contributed by atoms with E-state index in [9.17, 15) is 4.79 Å². The number of ether oxygens (including phenoxy) is 1. The van der Waals surface area contributed by atoms with Gasteiger partial charge in [-0.3, -0.25) is 9.78 Å². The number of pyridine rings is 1.